The van der Waals surface area contributed by atoms with Gasteiger partial charge < -0.3 is 4.74 Å². The SMILES string of the molecule is COCCONS(=O)(=O)CCN1C(=O)c2ccccc2C1=O. The number of nitrogens with zero attached hydrogens (tertiary/aromatic N) is 1. The largest absolute Gasteiger partial charge is 0.382 e. The molecule has 0 radical (unpaired) electrons. The van der Waals surface area contributed by atoms with Crippen LogP contribution in [0.3, 0.4) is 0 Å². The van der Waals surface area contributed by atoms with Gasteiger partial charge >= 0.3 is 0 Å². The minimum atomic E-state index is -3.76. The highest BCUT2D eigenvalue weighted by Crippen LogP contribution is 2.21. The van der Waals surface area contributed by atoms with E-state index in [1.807, 2.05) is 4.89 Å². The number of benzene rings is 1. The standard InChI is InChI=1S/C13H16N2O6S/c1-20-7-8-21-14-22(18,19)9-6-15-12(16)10-4-2-3-5-11(10)13(15)17/h2-5,14H,6-9H2,1H3. The van der Waals surface area contributed by atoms with Crippen LogP contribution in [-0.4, -0.2) is 57.8 Å². The van der Waals surface area contributed by atoms with Crippen molar-refractivity contribution in [1.82, 2.24) is 9.79 Å². The number of hydrogen-bond donors (Lipinski definition) is 1. The van der Waals surface area contributed by atoms with Gasteiger partial charge in [0.05, 0.1) is 30.1 Å². The topological polar surface area (TPSA) is 102 Å². The van der Waals surface area contributed by atoms with Crippen molar-refractivity contribution in [2.75, 3.05) is 32.6 Å². The van der Waals surface area contributed by atoms with Gasteiger partial charge in [-0.25, -0.2) is 8.42 Å². The van der Waals surface area contributed by atoms with Crippen LogP contribution in [-0.2, 0) is 19.6 Å². The molecule has 1 heterocycles. The smallest absolute Gasteiger partial charge is 0.261 e. The highest BCUT2D eigenvalue weighted by atomic mass is 32.2. The van der Waals surface area contributed by atoms with Gasteiger partial charge in [-0.2, -0.15) is 0 Å². The quantitative estimate of drug-likeness (QED) is 0.402. The van der Waals surface area contributed by atoms with Crippen LogP contribution in [0.25, 0.3) is 0 Å². The number of carbonyl (C=O) groups excluding carboxylic acids is 2. The summed E-state index contributed by atoms with van der Waals surface area (Å²) in [5.41, 5.74) is 0.573. The summed E-state index contributed by atoms with van der Waals surface area (Å²) in [5.74, 6) is -1.42. The van der Waals surface area contributed by atoms with E-state index in [4.69, 9.17) is 9.57 Å². The molecule has 2 rings (SSSR count). The van der Waals surface area contributed by atoms with Gasteiger partial charge in [-0.15, -0.1) is 0 Å². The molecule has 0 bridgehead atoms. The molecule has 0 saturated heterocycles. The van der Waals surface area contributed by atoms with Gasteiger partial charge in [0.1, 0.15) is 0 Å². The third-order valence-corrected chi connectivity index (χ3v) is 4.13. The molecule has 1 N–H and O–H groups in total. The molecule has 1 aliphatic heterocycles. The van der Waals surface area contributed by atoms with E-state index in [1.165, 1.54) is 19.2 Å². The molecule has 1 aliphatic rings. The third-order valence-electron chi connectivity index (χ3n) is 3.04. The van der Waals surface area contributed by atoms with Gasteiger partial charge in [0.15, 0.2) is 0 Å². The second-order valence-electron chi connectivity index (χ2n) is 4.55. The number of fused-ring (bicyclic) bond motifs is 1. The van der Waals surface area contributed by atoms with Crippen LogP contribution in [0.1, 0.15) is 20.7 Å². The molecule has 0 saturated carbocycles. The molecule has 1 aromatic rings. The Morgan fingerprint density at radius 3 is 2.23 bits per heavy atom. The van der Waals surface area contributed by atoms with Crippen molar-refractivity contribution in [3.63, 3.8) is 0 Å². The van der Waals surface area contributed by atoms with Crippen LogP contribution >= 0.6 is 0 Å². The number of imide groups is 1. The summed E-state index contributed by atoms with van der Waals surface area (Å²) in [5, 5.41) is 0. The van der Waals surface area contributed by atoms with E-state index in [9.17, 15) is 18.0 Å². The summed E-state index contributed by atoms with van der Waals surface area (Å²) < 4.78 is 28.1. The number of carbonyl (C=O) groups is 2. The van der Waals surface area contributed by atoms with Gasteiger partial charge in [-0.05, 0) is 12.1 Å². The molecule has 9 heteroatoms. The summed E-state index contributed by atoms with van der Waals surface area (Å²) in [4.78, 5) is 31.7. The van der Waals surface area contributed by atoms with E-state index in [2.05, 4.69) is 0 Å². The van der Waals surface area contributed by atoms with Crippen molar-refractivity contribution in [3.8, 4) is 0 Å². The molecule has 22 heavy (non-hydrogen) atoms. The first-order valence-electron chi connectivity index (χ1n) is 6.51. The van der Waals surface area contributed by atoms with Crippen molar-refractivity contribution in [1.29, 1.82) is 0 Å². The zero-order valence-corrected chi connectivity index (χ0v) is 12.8. The van der Waals surface area contributed by atoms with Crippen LogP contribution in [0, 0.1) is 0 Å². The van der Waals surface area contributed by atoms with Gasteiger partial charge in [0.2, 0.25) is 10.0 Å². The number of ether oxygens (including phenoxy) is 1. The van der Waals surface area contributed by atoms with Crippen LogP contribution in [0.4, 0.5) is 0 Å². The lowest BCUT2D eigenvalue weighted by molar-refractivity contribution is 0.0437. The van der Waals surface area contributed by atoms with Crippen molar-refractivity contribution in [2.45, 2.75) is 0 Å². The molecule has 0 unspecified atom stereocenters. The van der Waals surface area contributed by atoms with Crippen LogP contribution in [0.5, 0.6) is 0 Å². The molecule has 0 aromatic heterocycles. The maximum atomic E-state index is 12.1. The molecule has 1 aromatic carbocycles. The van der Waals surface area contributed by atoms with Crippen LogP contribution in [0.2, 0.25) is 0 Å². The van der Waals surface area contributed by atoms with Crippen molar-refractivity contribution in [3.05, 3.63) is 35.4 Å². The Morgan fingerprint density at radius 1 is 1.09 bits per heavy atom. The average Bonchev–Trinajstić information content (AvgIpc) is 2.74. The second-order valence-corrected chi connectivity index (χ2v) is 6.36. The number of nitrogens with one attached hydrogen (secondary N) is 1. The fourth-order valence-electron chi connectivity index (χ4n) is 1.95. The summed E-state index contributed by atoms with van der Waals surface area (Å²) in [6.45, 7) is 0.0546. The zero-order valence-electron chi connectivity index (χ0n) is 11.9. The first kappa shape index (κ1) is 16.6. The predicted octanol–water partition coefficient (Wildman–Crippen LogP) is -0.220. The van der Waals surface area contributed by atoms with Crippen LogP contribution in [0.15, 0.2) is 24.3 Å². The molecule has 120 valence electrons. The number of methoxy groups -OCH3 is 1. The lowest BCUT2D eigenvalue weighted by atomic mass is 10.1. The number of rotatable bonds is 8. The van der Waals surface area contributed by atoms with Crippen molar-refractivity contribution >= 4 is 21.8 Å². The van der Waals surface area contributed by atoms with E-state index in [-0.39, 0.29) is 30.9 Å². The fourth-order valence-corrected chi connectivity index (χ4v) is 2.72. The Morgan fingerprint density at radius 2 is 1.68 bits per heavy atom. The summed E-state index contributed by atoms with van der Waals surface area (Å²) >= 11 is 0. The minimum Gasteiger partial charge on any atom is -0.382 e. The fraction of sp³-hybridized carbons (Fsp3) is 0.385. The first-order valence-corrected chi connectivity index (χ1v) is 8.17. The monoisotopic (exact) mass is 328 g/mol. The van der Waals surface area contributed by atoms with E-state index in [1.54, 1.807) is 12.1 Å². The molecule has 0 aliphatic carbocycles. The van der Waals surface area contributed by atoms with E-state index in [0.717, 1.165) is 4.90 Å². The van der Waals surface area contributed by atoms with E-state index >= 15 is 0 Å². The zero-order chi connectivity index (χ0) is 16.2. The molecule has 0 spiro atoms. The summed E-state index contributed by atoms with van der Waals surface area (Å²) in [7, 11) is -2.30. The highest BCUT2D eigenvalue weighted by molar-refractivity contribution is 7.89. The maximum absolute atomic E-state index is 12.1. The Bertz CT molecular complexity index is 638. The number of sulfonamides is 1. The Kier molecular flexibility index (Phi) is 5.24. The normalized spacial score (nSPS) is 14.5. The average molecular weight is 328 g/mol. The molecule has 2 amide bonds. The molecular weight excluding hydrogens is 312 g/mol. The Labute approximate surface area is 128 Å². The molecular formula is C13H16N2O6S. The van der Waals surface area contributed by atoms with Gasteiger partial charge in [-0.1, -0.05) is 17.0 Å². The van der Waals surface area contributed by atoms with E-state index < -0.39 is 27.6 Å². The van der Waals surface area contributed by atoms with E-state index in [0.29, 0.717) is 0 Å². The molecule has 0 fully saturated rings. The van der Waals surface area contributed by atoms with Crippen molar-refractivity contribution in [2.24, 2.45) is 0 Å². The number of hydrogen-bond acceptors (Lipinski definition) is 6. The van der Waals surface area contributed by atoms with Crippen molar-refractivity contribution < 1.29 is 27.6 Å². The predicted molar refractivity (Wildman–Crippen MR) is 76.6 cm³/mol. The first-order chi connectivity index (χ1) is 10.5. The lowest BCUT2D eigenvalue weighted by Gasteiger charge is -2.14. The summed E-state index contributed by atoms with van der Waals surface area (Å²) in [6.07, 6.45) is 0. The lowest BCUT2D eigenvalue weighted by Crippen LogP contribution is -2.38. The van der Waals surface area contributed by atoms with Gasteiger partial charge in [0, 0.05) is 13.7 Å². The van der Waals surface area contributed by atoms with Gasteiger partial charge in [-0.3, -0.25) is 19.3 Å². The Balaban J connectivity index is 1.93. The maximum Gasteiger partial charge on any atom is 0.261 e. The molecule has 8 nitrogen and oxygen atoms in total. The summed E-state index contributed by atoms with van der Waals surface area (Å²) in [6, 6.07) is 6.37. The minimum absolute atomic E-state index is 0.0583. The third kappa shape index (κ3) is 3.69. The second kappa shape index (κ2) is 6.97. The van der Waals surface area contributed by atoms with Gasteiger partial charge in [0.25, 0.3) is 11.8 Å². The number of amides is 2. The molecule has 0 atom stereocenters. The highest BCUT2D eigenvalue weighted by Gasteiger charge is 2.35. The Hall–Kier alpha value is -1.81. The van der Waals surface area contributed by atoms with Crippen LogP contribution < -0.4 is 4.89 Å².